The summed E-state index contributed by atoms with van der Waals surface area (Å²) in [6.45, 7) is 0. The predicted molar refractivity (Wildman–Crippen MR) is 216 cm³/mol. The first-order valence-corrected chi connectivity index (χ1v) is 17.3. The van der Waals surface area contributed by atoms with Crippen molar-refractivity contribution in [1.29, 1.82) is 0 Å². The van der Waals surface area contributed by atoms with Gasteiger partial charge < -0.3 is 0 Å². The molecule has 0 bridgehead atoms. The first-order valence-electron chi connectivity index (χ1n) is 17.3. The van der Waals surface area contributed by atoms with Crippen LogP contribution in [0.2, 0.25) is 0 Å². The smallest absolute Gasteiger partial charge is 0.00264 e. The molecule has 9 aromatic rings. The lowest BCUT2D eigenvalue weighted by molar-refractivity contribution is 1.61. The number of hydrogen-bond donors (Lipinski definition) is 0. The summed E-state index contributed by atoms with van der Waals surface area (Å²) in [5, 5.41) is 7.61. The van der Waals surface area contributed by atoms with Crippen LogP contribution in [0.5, 0.6) is 0 Å². The van der Waals surface area contributed by atoms with Gasteiger partial charge in [-0.25, -0.2) is 0 Å². The van der Waals surface area contributed by atoms with Gasteiger partial charge in [0.25, 0.3) is 0 Å². The van der Waals surface area contributed by atoms with Gasteiger partial charge in [-0.3, -0.25) is 0 Å². The molecule has 0 aliphatic heterocycles. The highest BCUT2D eigenvalue weighted by Gasteiger charge is 2.16. The number of rotatable bonds is 6. The van der Waals surface area contributed by atoms with Crippen molar-refractivity contribution in [3.8, 4) is 44.5 Å². The van der Waals surface area contributed by atoms with Crippen LogP contribution in [0, 0.1) is 0 Å². The molecular formula is C50H34. The Morgan fingerprint density at radius 2 is 0.600 bits per heavy atom. The van der Waals surface area contributed by atoms with Crippen molar-refractivity contribution in [2.45, 2.75) is 0 Å². The maximum atomic E-state index is 2.27. The van der Waals surface area contributed by atoms with Crippen LogP contribution in [0.15, 0.2) is 194 Å². The van der Waals surface area contributed by atoms with Crippen molar-refractivity contribution in [1.82, 2.24) is 0 Å². The van der Waals surface area contributed by atoms with Crippen molar-refractivity contribution >= 4 is 44.5 Å². The quantitative estimate of drug-likeness (QED) is 0.126. The molecule has 0 fully saturated rings. The molecule has 0 heteroatoms. The number of benzene rings is 9. The second-order valence-corrected chi connectivity index (χ2v) is 12.9. The molecular weight excluding hydrogens is 601 g/mol. The maximum absolute atomic E-state index is 2.27. The first-order chi connectivity index (χ1) is 24.8. The minimum atomic E-state index is 1.18. The third kappa shape index (κ3) is 5.57. The van der Waals surface area contributed by atoms with E-state index in [-0.39, 0.29) is 0 Å². The SMILES string of the molecule is C(=Cc1ccc(-c2c3ccccc3c(-c3ccc(-c4ccccc4)cc3)c3ccccc23)cc1)c1ccc(-c2ccc3ccccc3c2)cc1. The highest BCUT2D eigenvalue weighted by atomic mass is 14.2. The van der Waals surface area contributed by atoms with Crippen LogP contribution in [-0.4, -0.2) is 0 Å². The van der Waals surface area contributed by atoms with E-state index in [9.17, 15) is 0 Å². The molecule has 50 heavy (non-hydrogen) atoms. The van der Waals surface area contributed by atoms with Gasteiger partial charge in [0, 0.05) is 0 Å². The van der Waals surface area contributed by atoms with E-state index in [1.165, 1.54) is 88.0 Å². The average Bonchev–Trinajstić information content (AvgIpc) is 3.20. The Morgan fingerprint density at radius 3 is 1.14 bits per heavy atom. The summed E-state index contributed by atoms with van der Waals surface area (Å²) in [5.41, 5.74) is 12.3. The van der Waals surface area contributed by atoms with Gasteiger partial charge in [0.05, 0.1) is 0 Å². The summed E-state index contributed by atoms with van der Waals surface area (Å²) in [7, 11) is 0. The summed E-state index contributed by atoms with van der Waals surface area (Å²) >= 11 is 0. The van der Waals surface area contributed by atoms with E-state index in [4.69, 9.17) is 0 Å². The minimum absolute atomic E-state index is 1.18. The lowest BCUT2D eigenvalue weighted by atomic mass is 9.85. The molecule has 0 heterocycles. The largest absolute Gasteiger partial charge is 0.0622 e. The fourth-order valence-electron chi connectivity index (χ4n) is 7.32. The molecule has 0 saturated heterocycles. The summed E-state index contributed by atoms with van der Waals surface area (Å²) < 4.78 is 0. The highest BCUT2D eigenvalue weighted by Crippen LogP contribution is 2.44. The summed E-state index contributed by atoms with van der Waals surface area (Å²) in [6, 6.07) is 70.4. The Kier molecular flexibility index (Phi) is 7.61. The van der Waals surface area contributed by atoms with Gasteiger partial charge in [-0.2, -0.15) is 0 Å². The third-order valence-electron chi connectivity index (χ3n) is 9.87. The van der Waals surface area contributed by atoms with Gasteiger partial charge in [0.15, 0.2) is 0 Å². The molecule has 0 nitrogen and oxygen atoms in total. The monoisotopic (exact) mass is 634 g/mol. The number of fused-ring (bicyclic) bond motifs is 3. The second-order valence-electron chi connectivity index (χ2n) is 12.9. The van der Waals surface area contributed by atoms with Crippen molar-refractivity contribution < 1.29 is 0 Å². The van der Waals surface area contributed by atoms with Crippen molar-refractivity contribution in [3.05, 3.63) is 205 Å². The Hall–Kier alpha value is -6.50. The molecule has 0 unspecified atom stereocenters. The van der Waals surface area contributed by atoms with Crippen LogP contribution < -0.4 is 0 Å². The summed E-state index contributed by atoms with van der Waals surface area (Å²) in [6.07, 6.45) is 4.40. The van der Waals surface area contributed by atoms with E-state index < -0.39 is 0 Å². The van der Waals surface area contributed by atoms with Crippen LogP contribution in [0.1, 0.15) is 11.1 Å². The van der Waals surface area contributed by atoms with E-state index in [1.54, 1.807) is 0 Å². The Morgan fingerprint density at radius 1 is 0.240 bits per heavy atom. The number of hydrogen-bond acceptors (Lipinski definition) is 0. The van der Waals surface area contributed by atoms with Gasteiger partial charge in [-0.05, 0) is 94.0 Å². The van der Waals surface area contributed by atoms with Crippen LogP contribution >= 0.6 is 0 Å². The zero-order valence-electron chi connectivity index (χ0n) is 27.6. The summed E-state index contributed by atoms with van der Waals surface area (Å²) in [4.78, 5) is 0. The average molecular weight is 635 g/mol. The fraction of sp³-hybridized carbons (Fsp3) is 0. The molecule has 0 N–H and O–H groups in total. The summed E-state index contributed by atoms with van der Waals surface area (Å²) in [5.74, 6) is 0. The molecule has 234 valence electrons. The topological polar surface area (TPSA) is 0 Å². The van der Waals surface area contributed by atoms with E-state index in [0.29, 0.717) is 0 Å². The zero-order valence-corrected chi connectivity index (χ0v) is 27.6. The fourth-order valence-corrected chi connectivity index (χ4v) is 7.32. The second kappa shape index (κ2) is 12.8. The minimum Gasteiger partial charge on any atom is -0.0622 e. The molecule has 0 spiro atoms. The van der Waals surface area contributed by atoms with Crippen molar-refractivity contribution in [3.63, 3.8) is 0 Å². The van der Waals surface area contributed by atoms with Crippen molar-refractivity contribution in [2.75, 3.05) is 0 Å². The molecule has 0 aliphatic rings. The van der Waals surface area contributed by atoms with Crippen molar-refractivity contribution in [2.24, 2.45) is 0 Å². The first kappa shape index (κ1) is 29.6. The van der Waals surface area contributed by atoms with Gasteiger partial charge in [0.2, 0.25) is 0 Å². The van der Waals surface area contributed by atoms with E-state index in [0.717, 1.165) is 0 Å². The van der Waals surface area contributed by atoms with E-state index in [1.807, 2.05) is 0 Å². The van der Waals surface area contributed by atoms with Gasteiger partial charge in [0.1, 0.15) is 0 Å². The predicted octanol–water partition coefficient (Wildman–Crippen LogP) is 14.0. The molecule has 0 radical (unpaired) electrons. The van der Waals surface area contributed by atoms with Crippen LogP contribution in [0.3, 0.4) is 0 Å². The van der Waals surface area contributed by atoms with Gasteiger partial charge in [-0.1, -0.05) is 200 Å². The molecule has 9 rings (SSSR count). The Labute approximate surface area is 293 Å². The lowest BCUT2D eigenvalue weighted by Gasteiger charge is -2.18. The molecule has 0 aromatic heterocycles. The van der Waals surface area contributed by atoms with Crippen LogP contribution in [0.4, 0.5) is 0 Å². The molecule has 0 saturated carbocycles. The molecule has 0 atom stereocenters. The zero-order chi connectivity index (χ0) is 33.3. The van der Waals surface area contributed by atoms with Crippen LogP contribution in [0.25, 0.3) is 89.0 Å². The van der Waals surface area contributed by atoms with Crippen LogP contribution in [-0.2, 0) is 0 Å². The maximum Gasteiger partial charge on any atom is -0.00264 e. The molecule has 9 aromatic carbocycles. The standard InChI is InChI=1S/C50H34/c1-2-10-37(11-3-1)39-28-31-42(32-29-39)50-47-16-8-6-14-45(47)49(46-15-7-9-17-48(46)50)41-26-22-36(23-27-41)19-18-35-20-24-40(25-21-35)44-33-30-38-12-4-5-13-43(38)34-44/h1-34H. The molecule has 0 aliphatic carbocycles. The Bertz CT molecular complexity index is 2590. The Balaban J connectivity index is 1.03. The van der Waals surface area contributed by atoms with Gasteiger partial charge in [-0.15, -0.1) is 0 Å². The normalized spacial score (nSPS) is 11.5. The van der Waals surface area contributed by atoms with E-state index >= 15 is 0 Å². The third-order valence-corrected chi connectivity index (χ3v) is 9.87. The lowest BCUT2D eigenvalue weighted by Crippen LogP contribution is -1.91. The molecule has 0 amide bonds. The van der Waals surface area contributed by atoms with E-state index in [2.05, 4.69) is 206 Å². The van der Waals surface area contributed by atoms with Gasteiger partial charge >= 0.3 is 0 Å². The highest BCUT2D eigenvalue weighted by molar-refractivity contribution is 6.21.